The average molecular weight is 339 g/mol. The molecule has 1 aliphatic rings. The number of hydrogen-bond donors (Lipinski definition) is 2. The van der Waals surface area contributed by atoms with Crippen LogP contribution in [-0.2, 0) is 11.3 Å². The lowest BCUT2D eigenvalue weighted by Gasteiger charge is -2.36. The van der Waals surface area contributed by atoms with Crippen LogP contribution in [0.1, 0.15) is 12.5 Å². The molecule has 0 radical (unpaired) electrons. The van der Waals surface area contributed by atoms with Gasteiger partial charge < -0.3 is 15.3 Å². The van der Waals surface area contributed by atoms with Gasteiger partial charge in [0, 0.05) is 13.1 Å². The largest absolute Gasteiger partial charge is 0.392 e. The summed E-state index contributed by atoms with van der Waals surface area (Å²) in [6, 6.07) is 10.2. The molecule has 0 bridgehead atoms. The van der Waals surface area contributed by atoms with Crippen LogP contribution in [0.5, 0.6) is 0 Å². The van der Waals surface area contributed by atoms with Gasteiger partial charge in [0.15, 0.2) is 0 Å². The molecule has 120 valence electrons. The van der Waals surface area contributed by atoms with Gasteiger partial charge in [-0.3, -0.25) is 9.69 Å². The molecule has 1 atom stereocenters. The van der Waals surface area contributed by atoms with Crippen molar-refractivity contribution in [2.75, 3.05) is 25.6 Å². The van der Waals surface area contributed by atoms with E-state index in [-0.39, 0.29) is 12.5 Å². The fourth-order valence-electron chi connectivity index (χ4n) is 2.11. The van der Waals surface area contributed by atoms with Crippen molar-refractivity contribution in [1.29, 1.82) is 0 Å². The lowest BCUT2D eigenvalue weighted by Crippen LogP contribution is -2.48. The summed E-state index contributed by atoms with van der Waals surface area (Å²) < 4.78 is 0.865. The highest BCUT2D eigenvalue weighted by Gasteiger charge is 2.23. The third-order valence-electron chi connectivity index (χ3n) is 3.18. The molecule has 0 aliphatic carbocycles. The van der Waals surface area contributed by atoms with Crippen LogP contribution in [0.2, 0.25) is 0 Å². The molecule has 5 nitrogen and oxygen atoms in total. The van der Waals surface area contributed by atoms with E-state index in [9.17, 15) is 9.90 Å². The number of nitrogens with one attached hydrogen (secondary N) is 1. The normalized spacial score (nSPS) is 17.4. The molecule has 22 heavy (non-hydrogen) atoms. The fraction of sp³-hybridized carbons (Fsp3) is 0.467. The zero-order valence-corrected chi connectivity index (χ0v) is 14.2. The maximum absolute atomic E-state index is 11.8. The molecule has 0 spiro atoms. The Morgan fingerprint density at radius 2 is 2.18 bits per heavy atom. The number of rotatable bonds is 6. The summed E-state index contributed by atoms with van der Waals surface area (Å²) >= 11 is 6.98. The lowest BCUT2D eigenvalue weighted by atomic mass is 10.2. The summed E-state index contributed by atoms with van der Waals surface area (Å²) in [7, 11) is 0. The molecule has 1 aromatic carbocycles. The van der Waals surface area contributed by atoms with Gasteiger partial charge in [0.05, 0.1) is 25.2 Å². The minimum Gasteiger partial charge on any atom is -0.392 e. The van der Waals surface area contributed by atoms with E-state index >= 15 is 0 Å². The maximum Gasteiger partial charge on any atom is 0.234 e. The van der Waals surface area contributed by atoms with Gasteiger partial charge in [0.1, 0.15) is 4.32 Å². The minimum absolute atomic E-state index is 0.0750. The molecule has 1 aliphatic heterocycles. The van der Waals surface area contributed by atoms with Crippen LogP contribution in [0.3, 0.4) is 0 Å². The number of aliphatic hydroxyl groups is 1. The maximum atomic E-state index is 11.8. The third-order valence-corrected chi connectivity index (χ3v) is 4.79. The van der Waals surface area contributed by atoms with Crippen molar-refractivity contribution < 1.29 is 9.90 Å². The van der Waals surface area contributed by atoms with E-state index in [1.807, 2.05) is 23.1 Å². The molecular formula is C15H21N3O2S2. The van der Waals surface area contributed by atoms with Gasteiger partial charge in [-0.2, -0.15) is 0 Å². The predicted octanol–water partition coefficient (Wildman–Crippen LogP) is 1.23. The summed E-state index contributed by atoms with van der Waals surface area (Å²) in [6.45, 7) is 3.64. The second-order valence-electron chi connectivity index (χ2n) is 5.35. The predicted molar refractivity (Wildman–Crippen MR) is 93.3 cm³/mol. The number of nitrogens with zero attached hydrogens (tertiary/aromatic N) is 2. The molecule has 0 aromatic heterocycles. The first-order chi connectivity index (χ1) is 10.5. The van der Waals surface area contributed by atoms with Crippen molar-refractivity contribution >= 4 is 34.2 Å². The van der Waals surface area contributed by atoms with Crippen LogP contribution in [0.25, 0.3) is 0 Å². The monoisotopic (exact) mass is 339 g/mol. The van der Waals surface area contributed by atoms with Crippen molar-refractivity contribution in [1.82, 2.24) is 15.1 Å². The first kappa shape index (κ1) is 17.2. The summed E-state index contributed by atoms with van der Waals surface area (Å²) in [6.07, 6.45) is -0.526. The molecule has 2 rings (SSSR count). The average Bonchev–Trinajstić information content (AvgIpc) is 2.50. The van der Waals surface area contributed by atoms with Crippen LogP contribution >= 0.6 is 24.0 Å². The van der Waals surface area contributed by atoms with Crippen LogP contribution in [0.4, 0.5) is 0 Å². The number of thioether (sulfide) groups is 1. The number of aliphatic hydroxyl groups excluding tert-OH is 1. The van der Waals surface area contributed by atoms with Gasteiger partial charge in [0.25, 0.3) is 0 Å². The first-order valence-corrected chi connectivity index (χ1v) is 8.56. The first-order valence-electron chi connectivity index (χ1n) is 7.17. The van der Waals surface area contributed by atoms with E-state index in [0.29, 0.717) is 19.1 Å². The number of hydrogen-bond acceptors (Lipinski definition) is 5. The van der Waals surface area contributed by atoms with E-state index < -0.39 is 6.10 Å². The molecule has 1 amide bonds. The SMILES string of the molecule is C[C@H](O)CNC(=O)CN1CSC(=S)N(Cc2ccccc2)C1. The number of benzene rings is 1. The second-order valence-corrected chi connectivity index (χ2v) is 6.93. The van der Waals surface area contributed by atoms with Crippen molar-refractivity contribution in [3.8, 4) is 0 Å². The Morgan fingerprint density at radius 3 is 2.86 bits per heavy atom. The highest BCUT2D eigenvalue weighted by molar-refractivity contribution is 8.22. The highest BCUT2D eigenvalue weighted by atomic mass is 32.2. The summed E-state index contributed by atoms with van der Waals surface area (Å²) in [5.41, 5.74) is 1.20. The third kappa shape index (κ3) is 5.57. The Labute approximate surface area is 140 Å². The van der Waals surface area contributed by atoms with Gasteiger partial charge >= 0.3 is 0 Å². The Morgan fingerprint density at radius 1 is 1.45 bits per heavy atom. The molecule has 2 N–H and O–H groups in total. The van der Waals surface area contributed by atoms with Crippen molar-refractivity contribution in [3.05, 3.63) is 35.9 Å². The minimum atomic E-state index is -0.526. The van der Waals surface area contributed by atoms with Crippen molar-refractivity contribution in [3.63, 3.8) is 0 Å². The smallest absolute Gasteiger partial charge is 0.234 e. The highest BCUT2D eigenvalue weighted by Crippen LogP contribution is 2.20. The Balaban J connectivity index is 1.85. The zero-order chi connectivity index (χ0) is 15.9. The molecule has 0 saturated carbocycles. The van der Waals surface area contributed by atoms with E-state index in [0.717, 1.165) is 10.9 Å². The summed E-state index contributed by atoms with van der Waals surface area (Å²) in [5, 5.41) is 11.9. The van der Waals surface area contributed by atoms with E-state index in [1.54, 1.807) is 18.7 Å². The number of carbonyl (C=O) groups is 1. The standard InChI is InChI=1S/C15H21N3O2S2/c1-12(19)7-16-14(20)9-17-10-18(15(21)22-11-17)8-13-5-3-2-4-6-13/h2-6,12,19H,7-11H2,1H3,(H,16,20)/t12-/m0/s1. The molecule has 1 saturated heterocycles. The Bertz CT molecular complexity index is 511. The molecule has 1 fully saturated rings. The van der Waals surface area contributed by atoms with E-state index in [4.69, 9.17) is 12.2 Å². The van der Waals surface area contributed by atoms with Crippen molar-refractivity contribution in [2.45, 2.75) is 19.6 Å². The molecule has 1 aromatic rings. The number of carbonyl (C=O) groups excluding carboxylic acids is 1. The van der Waals surface area contributed by atoms with E-state index in [1.165, 1.54) is 5.56 Å². The van der Waals surface area contributed by atoms with Gasteiger partial charge in [-0.25, -0.2) is 0 Å². The second kappa shape index (κ2) is 8.47. The quantitative estimate of drug-likeness (QED) is 0.761. The van der Waals surface area contributed by atoms with Gasteiger partial charge in [-0.1, -0.05) is 54.3 Å². The van der Waals surface area contributed by atoms with Gasteiger partial charge in [-0.15, -0.1) is 0 Å². The van der Waals surface area contributed by atoms with Crippen LogP contribution in [0.15, 0.2) is 30.3 Å². The molecule has 1 heterocycles. The Kier molecular flexibility index (Phi) is 6.63. The van der Waals surface area contributed by atoms with Crippen LogP contribution < -0.4 is 5.32 Å². The van der Waals surface area contributed by atoms with E-state index in [2.05, 4.69) is 22.3 Å². The molecule has 7 heteroatoms. The fourth-order valence-corrected chi connectivity index (χ4v) is 3.16. The van der Waals surface area contributed by atoms with Gasteiger partial charge in [-0.05, 0) is 12.5 Å². The van der Waals surface area contributed by atoms with Crippen molar-refractivity contribution in [2.24, 2.45) is 0 Å². The molecule has 0 unspecified atom stereocenters. The lowest BCUT2D eigenvalue weighted by molar-refractivity contribution is -0.122. The number of amides is 1. The van der Waals surface area contributed by atoms with Gasteiger partial charge in [0.2, 0.25) is 5.91 Å². The zero-order valence-electron chi connectivity index (χ0n) is 12.6. The topological polar surface area (TPSA) is 55.8 Å². The van der Waals surface area contributed by atoms with Crippen LogP contribution in [-0.4, -0.2) is 56.9 Å². The summed E-state index contributed by atoms with van der Waals surface area (Å²) in [4.78, 5) is 16.0. The number of thiocarbonyl (C=S) groups is 1. The molecular weight excluding hydrogens is 318 g/mol. The van der Waals surface area contributed by atoms with Crippen LogP contribution in [0, 0.1) is 0 Å². The summed E-state index contributed by atoms with van der Waals surface area (Å²) in [5.74, 6) is 0.639. The Hall–Kier alpha value is -1.15.